The standard InChI is InChI=1S/C15H31NO2/c1-10(2)14(5,6)9-15(7,8)12(13(17)18)16-11(3)4/h10-12,16H,9H2,1-8H3,(H,17,18). The predicted molar refractivity (Wildman–Crippen MR) is 76.7 cm³/mol. The van der Waals surface area contributed by atoms with Gasteiger partial charge in [0, 0.05) is 6.04 Å². The van der Waals surface area contributed by atoms with E-state index in [9.17, 15) is 9.90 Å². The maximum Gasteiger partial charge on any atom is 0.321 e. The molecule has 0 heterocycles. The quantitative estimate of drug-likeness (QED) is 0.733. The molecule has 0 bridgehead atoms. The van der Waals surface area contributed by atoms with E-state index in [1.807, 2.05) is 27.7 Å². The van der Waals surface area contributed by atoms with Crippen molar-refractivity contribution in [3.8, 4) is 0 Å². The molecule has 0 aliphatic carbocycles. The highest BCUT2D eigenvalue weighted by molar-refractivity contribution is 5.74. The Bertz CT molecular complexity index is 280. The molecule has 0 aromatic carbocycles. The largest absolute Gasteiger partial charge is 0.480 e. The van der Waals surface area contributed by atoms with Crippen molar-refractivity contribution in [2.75, 3.05) is 0 Å². The minimum atomic E-state index is -0.756. The third-order valence-corrected chi connectivity index (χ3v) is 4.00. The molecule has 0 saturated carbocycles. The van der Waals surface area contributed by atoms with Crippen molar-refractivity contribution in [2.45, 2.75) is 73.9 Å². The van der Waals surface area contributed by atoms with Gasteiger partial charge in [-0.05, 0) is 23.2 Å². The molecule has 2 N–H and O–H groups in total. The van der Waals surface area contributed by atoms with Crippen LogP contribution in [0.4, 0.5) is 0 Å². The molecule has 0 fully saturated rings. The minimum Gasteiger partial charge on any atom is -0.480 e. The van der Waals surface area contributed by atoms with Gasteiger partial charge in [0.2, 0.25) is 0 Å². The third-order valence-electron chi connectivity index (χ3n) is 4.00. The zero-order valence-electron chi connectivity index (χ0n) is 13.3. The summed E-state index contributed by atoms with van der Waals surface area (Å²) in [5, 5.41) is 12.6. The van der Waals surface area contributed by atoms with Gasteiger partial charge in [0.05, 0.1) is 0 Å². The van der Waals surface area contributed by atoms with Gasteiger partial charge in [0.15, 0.2) is 0 Å². The highest BCUT2D eigenvalue weighted by atomic mass is 16.4. The fourth-order valence-corrected chi connectivity index (χ4v) is 2.44. The lowest BCUT2D eigenvalue weighted by Crippen LogP contribution is -2.52. The van der Waals surface area contributed by atoms with Gasteiger partial charge in [-0.1, -0.05) is 55.4 Å². The summed E-state index contributed by atoms with van der Waals surface area (Å²) in [5.74, 6) is -0.224. The molecule has 3 heteroatoms. The van der Waals surface area contributed by atoms with Crippen LogP contribution in [0.1, 0.15) is 61.8 Å². The van der Waals surface area contributed by atoms with Crippen LogP contribution >= 0.6 is 0 Å². The molecule has 0 aliphatic rings. The van der Waals surface area contributed by atoms with E-state index in [1.165, 1.54) is 0 Å². The summed E-state index contributed by atoms with van der Waals surface area (Å²) in [4.78, 5) is 11.5. The number of aliphatic carboxylic acids is 1. The summed E-state index contributed by atoms with van der Waals surface area (Å²) in [6, 6.07) is -0.330. The van der Waals surface area contributed by atoms with Crippen molar-refractivity contribution in [3.05, 3.63) is 0 Å². The lowest BCUT2D eigenvalue weighted by Gasteiger charge is -2.41. The fourth-order valence-electron chi connectivity index (χ4n) is 2.44. The summed E-state index contributed by atoms with van der Waals surface area (Å²) < 4.78 is 0. The summed E-state index contributed by atoms with van der Waals surface area (Å²) in [6.45, 7) is 16.9. The first kappa shape index (κ1) is 17.4. The first-order chi connectivity index (χ1) is 7.90. The van der Waals surface area contributed by atoms with Crippen LogP contribution in [0.25, 0.3) is 0 Å². The van der Waals surface area contributed by atoms with E-state index in [1.54, 1.807) is 0 Å². The molecule has 0 aromatic rings. The SMILES string of the molecule is CC(C)NC(C(=O)O)C(C)(C)CC(C)(C)C(C)C. The molecule has 1 atom stereocenters. The third kappa shape index (κ3) is 4.97. The van der Waals surface area contributed by atoms with Gasteiger partial charge < -0.3 is 10.4 Å². The normalized spacial score (nSPS) is 15.2. The molecule has 0 amide bonds. The van der Waals surface area contributed by atoms with Gasteiger partial charge >= 0.3 is 5.97 Å². The summed E-state index contributed by atoms with van der Waals surface area (Å²) in [7, 11) is 0. The second-order valence-electron chi connectivity index (χ2n) is 7.40. The Hall–Kier alpha value is -0.570. The lowest BCUT2D eigenvalue weighted by molar-refractivity contribution is -0.143. The molecule has 108 valence electrons. The average Bonchev–Trinajstić information content (AvgIpc) is 2.11. The monoisotopic (exact) mass is 257 g/mol. The van der Waals surface area contributed by atoms with Crippen LogP contribution in [0.2, 0.25) is 0 Å². The van der Waals surface area contributed by atoms with Crippen LogP contribution in [0, 0.1) is 16.7 Å². The maximum atomic E-state index is 11.5. The van der Waals surface area contributed by atoms with E-state index in [4.69, 9.17) is 0 Å². The van der Waals surface area contributed by atoms with E-state index < -0.39 is 12.0 Å². The molecule has 0 aliphatic heterocycles. The molecule has 0 saturated heterocycles. The van der Waals surface area contributed by atoms with Crippen molar-refractivity contribution < 1.29 is 9.90 Å². The number of nitrogens with one attached hydrogen (secondary N) is 1. The average molecular weight is 257 g/mol. The van der Waals surface area contributed by atoms with Gasteiger partial charge in [-0.25, -0.2) is 0 Å². The zero-order valence-corrected chi connectivity index (χ0v) is 13.3. The van der Waals surface area contributed by atoms with Gasteiger partial charge in [-0.15, -0.1) is 0 Å². The summed E-state index contributed by atoms with van der Waals surface area (Å²) in [5.41, 5.74) is -0.139. The summed E-state index contributed by atoms with van der Waals surface area (Å²) in [6.07, 6.45) is 0.883. The Morgan fingerprint density at radius 1 is 1.06 bits per heavy atom. The van der Waals surface area contributed by atoms with Gasteiger partial charge in [0.1, 0.15) is 6.04 Å². The van der Waals surface area contributed by atoms with Gasteiger partial charge in [-0.3, -0.25) is 4.79 Å². The smallest absolute Gasteiger partial charge is 0.321 e. The molecule has 0 aromatic heterocycles. The zero-order chi connectivity index (χ0) is 14.7. The second-order valence-corrected chi connectivity index (χ2v) is 7.40. The topological polar surface area (TPSA) is 49.3 Å². The van der Waals surface area contributed by atoms with Crippen molar-refractivity contribution in [1.29, 1.82) is 0 Å². The van der Waals surface area contributed by atoms with E-state index in [0.29, 0.717) is 5.92 Å². The Balaban J connectivity index is 5.01. The summed E-state index contributed by atoms with van der Waals surface area (Å²) >= 11 is 0. The Labute approximate surface area is 112 Å². The molecule has 1 unspecified atom stereocenters. The number of hydrogen-bond donors (Lipinski definition) is 2. The Morgan fingerprint density at radius 3 is 1.78 bits per heavy atom. The lowest BCUT2D eigenvalue weighted by atomic mass is 9.66. The van der Waals surface area contributed by atoms with Crippen molar-refractivity contribution >= 4 is 5.97 Å². The van der Waals surface area contributed by atoms with Crippen LogP contribution in [0.15, 0.2) is 0 Å². The van der Waals surface area contributed by atoms with Crippen LogP contribution in [0.5, 0.6) is 0 Å². The second kappa shape index (κ2) is 6.05. The van der Waals surface area contributed by atoms with E-state index in [-0.39, 0.29) is 16.9 Å². The van der Waals surface area contributed by atoms with Gasteiger partial charge in [0.25, 0.3) is 0 Å². The molecular formula is C15H31NO2. The van der Waals surface area contributed by atoms with E-state index in [0.717, 1.165) is 6.42 Å². The molecule has 0 spiro atoms. The number of rotatable bonds is 7. The number of carboxylic acid groups (broad SMARTS) is 1. The molecule has 0 radical (unpaired) electrons. The number of carboxylic acids is 1. The van der Waals surface area contributed by atoms with Crippen molar-refractivity contribution in [1.82, 2.24) is 5.32 Å². The van der Waals surface area contributed by atoms with Crippen LogP contribution in [-0.4, -0.2) is 23.2 Å². The van der Waals surface area contributed by atoms with E-state index >= 15 is 0 Å². The Morgan fingerprint density at radius 2 is 1.50 bits per heavy atom. The fraction of sp³-hybridized carbons (Fsp3) is 0.933. The van der Waals surface area contributed by atoms with Crippen LogP contribution in [-0.2, 0) is 4.79 Å². The van der Waals surface area contributed by atoms with Crippen molar-refractivity contribution in [2.24, 2.45) is 16.7 Å². The van der Waals surface area contributed by atoms with E-state index in [2.05, 4.69) is 33.0 Å². The molecule has 18 heavy (non-hydrogen) atoms. The Kier molecular flexibility index (Phi) is 5.86. The molecule has 3 nitrogen and oxygen atoms in total. The first-order valence-corrected chi connectivity index (χ1v) is 6.89. The molecular weight excluding hydrogens is 226 g/mol. The minimum absolute atomic E-state index is 0.135. The predicted octanol–water partition coefficient (Wildman–Crippen LogP) is 3.54. The van der Waals surface area contributed by atoms with Crippen LogP contribution < -0.4 is 5.32 Å². The molecule has 0 rings (SSSR count). The highest BCUT2D eigenvalue weighted by Gasteiger charge is 2.40. The number of carbonyl (C=O) groups is 1. The highest BCUT2D eigenvalue weighted by Crippen LogP contribution is 2.41. The maximum absolute atomic E-state index is 11.5. The van der Waals surface area contributed by atoms with Crippen molar-refractivity contribution in [3.63, 3.8) is 0 Å². The first-order valence-electron chi connectivity index (χ1n) is 6.89. The van der Waals surface area contributed by atoms with Crippen LogP contribution in [0.3, 0.4) is 0 Å². The van der Waals surface area contributed by atoms with Gasteiger partial charge in [-0.2, -0.15) is 0 Å². The number of hydrogen-bond acceptors (Lipinski definition) is 2.